The van der Waals surface area contributed by atoms with Gasteiger partial charge in [-0.3, -0.25) is 4.79 Å². The van der Waals surface area contributed by atoms with Crippen molar-refractivity contribution in [2.45, 2.75) is 37.6 Å². The van der Waals surface area contributed by atoms with Gasteiger partial charge in [-0.05, 0) is 51.0 Å². The summed E-state index contributed by atoms with van der Waals surface area (Å²) in [7, 11) is -3.76. The van der Waals surface area contributed by atoms with Crippen molar-refractivity contribution in [3.63, 3.8) is 0 Å². The molecule has 1 saturated heterocycles. The highest BCUT2D eigenvalue weighted by Crippen LogP contribution is 2.21. The van der Waals surface area contributed by atoms with Crippen LogP contribution in [0.5, 0.6) is 0 Å². The Morgan fingerprint density at radius 3 is 2.42 bits per heavy atom. The summed E-state index contributed by atoms with van der Waals surface area (Å²) >= 11 is 6.19. The fourth-order valence-electron chi connectivity index (χ4n) is 3.42. The molecule has 0 spiro atoms. The predicted molar refractivity (Wildman–Crippen MR) is 116 cm³/mol. The molecule has 3 rings (SSSR count). The minimum atomic E-state index is -3.76. The maximum absolute atomic E-state index is 13.1. The van der Waals surface area contributed by atoms with Crippen LogP contribution in [-0.4, -0.2) is 61.4 Å². The van der Waals surface area contributed by atoms with Gasteiger partial charge in [0.15, 0.2) is 5.69 Å². The Morgan fingerprint density at radius 2 is 1.84 bits per heavy atom. The number of hydrogen-bond acceptors (Lipinski definition) is 6. The molecular weight excluding hydrogens is 445 g/mol. The maximum atomic E-state index is 13.1. The molecule has 11 heteroatoms. The van der Waals surface area contributed by atoms with Crippen molar-refractivity contribution >= 4 is 33.5 Å². The lowest BCUT2D eigenvalue weighted by Crippen LogP contribution is -2.46. The average Bonchev–Trinajstić information content (AvgIpc) is 2.76. The first kappa shape index (κ1) is 23.4. The number of amides is 1. The topological polar surface area (TPSA) is 95.5 Å². The Balaban J connectivity index is 1.65. The van der Waals surface area contributed by atoms with Crippen molar-refractivity contribution in [1.29, 1.82) is 0 Å². The molecule has 1 aliphatic rings. The van der Waals surface area contributed by atoms with E-state index in [0.717, 1.165) is 12.1 Å². The highest BCUT2D eigenvalue weighted by Gasteiger charge is 2.29. The molecule has 8 nitrogen and oxygen atoms in total. The molecule has 1 aromatic heterocycles. The number of aromatic nitrogens is 2. The van der Waals surface area contributed by atoms with Crippen LogP contribution in [0.4, 0.5) is 10.3 Å². The molecule has 0 unspecified atom stereocenters. The Bertz CT molecular complexity index is 1020. The third-order valence-corrected chi connectivity index (χ3v) is 7.02. The van der Waals surface area contributed by atoms with E-state index in [2.05, 4.69) is 14.7 Å². The Hall–Kier alpha value is -2.30. The number of rotatable bonds is 7. The van der Waals surface area contributed by atoms with Gasteiger partial charge >= 0.3 is 0 Å². The highest BCUT2D eigenvalue weighted by molar-refractivity contribution is 7.89. The largest absolute Gasteiger partial charge is 0.341 e. The molecule has 31 heavy (non-hydrogen) atoms. The van der Waals surface area contributed by atoms with Crippen LogP contribution in [-0.2, 0) is 10.0 Å². The highest BCUT2D eigenvalue weighted by atomic mass is 35.5. The van der Waals surface area contributed by atoms with Gasteiger partial charge in [0.25, 0.3) is 5.91 Å². The van der Waals surface area contributed by atoms with Crippen molar-refractivity contribution in [3.05, 3.63) is 47.0 Å². The Morgan fingerprint density at radius 1 is 1.23 bits per heavy atom. The number of carbonyl (C=O) groups is 1. The molecule has 2 heterocycles. The van der Waals surface area contributed by atoms with E-state index < -0.39 is 15.8 Å². The quantitative estimate of drug-likeness (QED) is 0.669. The van der Waals surface area contributed by atoms with Gasteiger partial charge in [0.1, 0.15) is 5.82 Å². The lowest BCUT2D eigenvalue weighted by molar-refractivity contribution is 0.0705. The number of benzene rings is 1. The van der Waals surface area contributed by atoms with Gasteiger partial charge in [-0.1, -0.05) is 11.6 Å². The number of piperidine rings is 1. The summed E-state index contributed by atoms with van der Waals surface area (Å²) in [6.07, 6.45) is 2.31. The molecule has 0 aliphatic carbocycles. The van der Waals surface area contributed by atoms with Gasteiger partial charge in [0, 0.05) is 32.2 Å². The summed E-state index contributed by atoms with van der Waals surface area (Å²) in [6, 6.07) is 4.33. The monoisotopic (exact) mass is 469 g/mol. The first-order valence-electron chi connectivity index (χ1n) is 10.1. The lowest BCUT2D eigenvalue weighted by atomic mass is 10.1. The average molecular weight is 470 g/mol. The third kappa shape index (κ3) is 5.50. The molecule has 0 radical (unpaired) electrons. The van der Waals surface area contributed by atoms with Crippen LogP contribution < -0.4 is 9.62 Å². The summed E-state index contributed by atoms with van der Waals surface area (Å²) in [6.45, 7) is 6.06. The second-order valence-corrected chi connectivity index (χ2v) is 9.30. The van der Waals surface area contributed by atoms with Gasteiger partial charge in [-0.25, -0.2) is 27.5 Å². The first-order chi connectivity index (χ1) is 14.7. The SMILES string of the molecule is CCN(CC)c1ncc(Cl)c(C(=O)N2CCC(NS(=O)(=O)c3ccc(F)cc3)CC2)n1. The van der Waals surface area contributed by atoms with Crippen molar-refractivity contribution in [2.24, 2.45) is 0 Å². The van der Waals surface area contributed by atoms with E-state index in [-0.39, 0.29) is 27.6 Å². The third-order valence-electron chi connectivity index (χ3n) is 5.21. The fourth-order valence-corrected chi connectivity index (χ4v) is 4.89. The Kier molecular flexibility index (Phi) is 7.45. The molecule has 2 aromatic rings. The van der Waals surface area contributed by atoms with Crippen LogP contribution in [0.25, 0.3) is 0 Å². The summed E-state index contributed by atoms with van der Waals surface area (Å²) in [5.41, 5.74) is 0.143. The molecule has 1 aromatic carbocycles. The molecule has 0 saturated carbocycles. The molecule has 0 bridgehead atoms. The van der Waals surface area contributed by atoms with Crippen LogP contribution in [0, 0.1) is 5.82 Å². The minimum absolute atomic E-state index is 0.00380. The van der Waals surface area contributed by atoms with Gasteiger partial charge < -0.3 is 9.80 Å². The fraction of sp³-hybridized carbons (Fsp3) is 0.450. The maximum Gasteiger partial charge on any atom is 0.274 e. The number of sulfonamides is 1. The first-order valence-corrected chi connectivity index (χ1v) is 12.0. The number of carbonyl (C=O) groups excluding carboxylic acids is 1. The number of hydrogen-bond donors (Lipinski definition) is 1. The van der Waals surface area contributed by atoms with Gasteiger partial charge in [-0.15, -0.1) is 0 Å². The van der Waals surface area contributed by atoms with E-state index in [1.807, 2.05) is 18.7 Å². The standard InChI is InChI=1S/C20H25ClFN5O3S/c1-3-26(4-2)20-23-13-17(21)18(24-20)19(28)27-11-9-15(10-12-27)25-31(29,30)16-7-5-14(22)6-8-16/h5-8,13,15,25H,3-4,9-12H2,1-2H3. The second kappa shape index (κ2) is 9.88. The second-order valence-electron chi connectivity index (χ2n) is 7.18. The van der Waals surface area contributed by atoms with Crippen LogP contribution in [0.3, 0.4) is 0 Å². The van der Waals surface area contributed by atoms with E-state index in [1.54, 1.807) is 4.90 Å². The van der Waals surface area contributed by atoms with Crippen LogP contribution in [0.1, 0.15) is 37.2 Å². The molecular formula is C20H25ClFN5O3S. The van der Waals surface area contributed by atoms with Crippen molar-refractivity contribution in [3.8, 4) is 0 Å². The number of anilines is 1. The zero-order chi connectivity index (χ0) is 22.6. The predicted octanol–water partition coefficient (Wildman–Crippen LogP) is 2.70. The molecule has 1 aliphatic heterocycles. The number of nitrogens with zero attached hydrogens (tertiary/aromatic N) is 4. The van der Waals surface area contributed by atoms with E-state index in [1.165, 1.54) is 18.3 Å². The normalized spacial score (nSPS) is 15.2. The van der Waals surface area contributed by atoms with Crippen molar-refractivity contribution < 1.29 is 17.6 Å². The van der Waals surface area contributed by atoms with Gasteiger partial charge in [-0.2, -0.15) is 0 Å². The van der Waals surface area contributed by atoms with Gasteiger partial charge in [0.2, 0.25) is 16.0 Å². The van der Waals surface area contributed by atoms with Crippen LogP contribution in [0.2, 0.25) is 5.02 Å². The molecule has 1 N–H and O–H groups in total. The molecule has 0 atom stereocenters. The Labute approximate surface area is 186 Å². The number of likely N-dealkylation sites (tertiary alicyclic amines) is 1. The zero-order valence-electron chi connectivity index (χ0n) is 17.4. The number of nitrogens with one attached hydrogen (secondary N) is 1. The van der Waals surface area contributed by atoms with E-state index in [9.17, 15) is 17.6 Å². The summed E-state index contributed by atoms with van der Waals surface area (Å²) in [5, 5.41) is 0.181. The number of halogens is 2. The molecule has 1 fully saturated rings. The minimum Gasteiger partial charge on any atom is -0.341 e. The summed E-state index contributed by atoms with van der Waals surface area (Å²) < 4.78 is 40.7. The lowest BCUT2D eigenvalue weighted by Gasteiger charge is -2.32. The van der Waals surface area contributed by atoms with Gasteiger partial charge in [0.05, 0.1) is 16.1 Å². The summed E-state index contributed by atoms with van der Waals surface area (Å²) in [4.78, 5) is 25.1. The van der Waals surface area contributed by atoms with E-state index in [4.69, 9.17) is 11.6 Å². The molecule has 1 amide bonds. The van der Waals surface area contributed by atoms with E-state index in [0.29, 0.717) is 45.0 Å². The zero-order valence-corrected chi connectivity index (χ0v) is 19.0. The summed E-state index contributed by atoms with van der Waals surface area (Å²) in [5.74, 6) is -0.362. The molecule has 168 valence electrons. The smallest absolute Gasteiger partial charge is 0.274 e. The van der Waals surface area contributed by atoms with Crippen molar-refractivity contribution in [2.75, 3.05) is 31.1 Å². The van der Waals surface area contributed by atoms with Crippen LogP contribution in [0.15, 0.2) is 35.4 Å². The van der Waals surface area contributed by atoms with Crippen molar-refractivity contribution in [1.82, 2.24) is 19.6 Å². The van der Waals surface area contributed by atoms with Crippen LogP contribution >= 0.6 is 11.6 Å². The van der Waals surface area contributed by atoms with E-state index >= 15 is 0 Å².